The third-order valence-corrected chi connectivity index (χ3v) is 4.13. The van der Waals surface area contributed by atoms with E-state index in [-0.39, 0.29) is 16.8 Å². The van der Waals surface area contributed by atoms with Gasteiger partial charge in [0.15, 0.2) is 5.11 Å². The molecule has 0 aromatic heterocycles. The van der Waals surface area contributed by atoms with Gasteiger partial charge in [-0.2, -0.15) is 0 Å². The highest BCUT2D eigenvalue weighted by atomic mass is 127. The molecule has 8 heteroatoms. The summed E-state index contributed by atoms with van der Waals surface area (Å²) in [7, 11) is 1.56. The van der Waals surface area contributed by atoms with E-state index in [0.717, 1.165) is 3.57 Å². The van der Waals surface area contributed by atoms with Crippen LogP contribution >= 0.6 is 46.4 Å². The van der Waals surface area contributed by atoms with Crippen molar-refractivity contribution < 1.29 is 14.6 Å². The molecule has 2 rings (SSSR count). The summed E-state index contributed by atoms with van der Waals surface area (Å²) in [5, 5.41) is 15.5. The number of carbonyl (C=O) groups excluding carboxylic acids is 1. The third kappa shape index (κ3) is 4.69. The Morgan fingerprint density at radius 3 is 2.70 bits per heavy atom. The van der Waals surface area contributed by atoms with Gasteiger partial charge in [0.05, 0.1) is 16.4 Å². The van der Waals surface area contributed by atoms with Crippen LogP contribution in [0, 0.1) is 3.57 Å². The fraction of sp³-hybridized carbons (Fsp3) is 0.0667. The van der Waals surface area contributed by atoms with Crippen molar-refractivity contribution in [1.82, 2.24) is 5.32 Å². The molecule has 0 unspecified atom stereocenters. The van der Waals surface area contributed by atoms with Crippen molar-refractivity contribution >= 4 is 63.1 Å². The molecule has 0 atom stereocenters. The molecule has 0 bridgehead atoms. The number of halogens is 2. The first-order valence-corrected chi connectivity index (χ1v) is 8.21. The van der Waals surface area contributed by atoms with Crippen LogP contribution in [0.5, 0.6) is 11.5 Å². The molecule has 0 aliphatic carbocycles. The summed E-state index contributed by atoms with van der Waals surface area (Å²) in [6, 6.07) is 9.51. The molecule has 0 radical (unpaired) electrons. The maximum absolute atomic E-state index is 12.2. The fourth-order valence-electron chi connectivity index (χ4n) is 1.74. The second-order valence-corrected chi connectivity index (χ2v) is 6.43. The Bertz CT molecular complexity index is 770. The van der Waals surface area contributed by atoms with Crippen molar-refractivity contribution in [2.75, 3.05) is 12.4 Å². The Morgan fingerprint density at radius 1 is 1.30 bits per heavy atom. The molecule has 2 aromatic rings. The minimum Gasteiger partial charge on any atom is -0.506 e. The number of phenols is 1. The third-order valence-electron chi connectivity index (χ3n) is 2.85. The molecule has 3 N–H and O–H groups in total. The van der Waals surface area contributed by atoms with Crippen LogP contribution in [0.1, 0.15) is 10.4 Å². The summed E-state index contributed by atoms with van der Waals surface area (Å²) >= 11 is 13.0. The molecule has 0 aliphatic rings. The van der Waals surface area contributed by atoms with E-state index in [2.05, 4.69) is 33.2 Å². The molecular formula is C15H12ClIN2O3S. The van der Waals surface area contributed by atoms with Crippen molar-refractivity contribution in [3.05, 3.63) is 50.6 Å². The minimum absolute atomic E-state index is 0.0232. The van der Waals surface area contributed by atoms with Crippen molar-refractivity contribution in [2.45, 2.75) is 0 Å². The first-order valence-electron chi connectivity index (χ1n) is 6.35. The number of benzene rings is 2. The number of aromatic hydroxyl groups is 1. The molecule has 0 saturated carbocycles. The predicted molar refractivity (Wildman–Crippen MR) is 103 cm³/mol. The van der Waals surface area contributed by atoms with Gasteiger partial charge >= 0.3 is 0 Å². The zero-order valence-electron chi connectivity index (χ0n) is 11.9. The van der Waals surface area contributed by atoms with Crippen LogP contribution in [0.2, 0.25) is 5.02 Å². The van der Waals surface area contributed by atoms with Gasteiger partial charge in [-0.1, -0.05) is 11.6 Å². The zero-order chi connectivity index (χ0) is 17.0. The second-order valence-electron chi connectivity index (χ2n) is 4.42. The molecule has 5 nitrogen and oxygen atoms in total. The molecule has 0 heterocycles. The molecule has 23 heavy (non-hydrogen) atoms. The number of amides is 1. The van der Waals surface area contributed by atoms with Gasteiger partial charge < -0.3 is 15.2 Å². The van der Waals surface area contributed by atoms with Gasteiger partial charge in [-0.15, -0.1) is 0 Å². The Balaban J connectivity index is 2.06. The summed E-state index contributed by atoms with van der Waals surface area (Å²) < 4.78 is 5.96. The van der Waals surface area contributed by atoms with Crippen LogP contribution in [0.4, 0.5) is 5.69 Å². The van der Waals surface area contributed by atoms with E-state index in [9.17, 15) is 9.90 Å². The number of anilines is 1. The fourth-order valence-corrected chi connectivity index (χ4v) is 2.86. The van der Waals surface area contributed by atoms with Gasteiger partial charge in [0.2, 0.25) is 0 Å². The normalized spacial score (nSPS) is 10.0. The van der Waals surface area contributed by atoms with E-state index >= 15 is 0 Å². The lowest BCUT2D eigenvalue weighted by Gasteiger charge is -2.12. The lowest BCUT2D eigenvalue weighted by molar-refractivity contribution is 0.0977. The van der Waals surface area contributed by atoms with Crippen LogP contribution in [0.15, 0.2) is 36.4 Å². The molecule has 0 fully saturated rings. The van der Waals surface area contributed by atoms with Crippen molar-refractivity contribution in [3.63, 3.8) is 0 Å². The number of hydrogen-bond donors (Lipinski definition) is 3. The molecule has 120 valence electrons. The highest BCUT2D eigenvalue weighted by Crippen LogP contribution is 2.26. The van der Waals surface area contributed by atoms with Crippen LogP contribution in [-0.4, -0.2) is 23.2 Å². The van der Waals surface area contributed by atoms with E-state index in [1.165, 1.54) is 12.1 Å². The van der Waals surface area contributed by atoms with Crippen LogP contribution in [0.25, 0.3) is 0 Å². The summed E-state index contributed by atoms with van der Waals surface area (Å²) in [6.45, 7) is 0. The number of methoxy groups -OCH3 is 1. The van der Waals surface area contributed by atoms with E-state index in [0.29, 0.717) is 22.0 Å². The molecular weight excluding hydrogens is 451 g/mol. The van der Waals surface area contributed by atoms with Gasteiger partial charge in [0.1, 0.15) is 11.5 Å². The van der Waals surface area contributed by atoms with Crippen molar-refractivity contribution in [1.29, 1.82) is 0 Å². The summed E-state index contributed by atoms with van der Waals surface area (Å²) in [5.41, 5.74) is 0.752. The van der Waals surface area contributed by atoms with Gasteiger partial charge in [0, 0.05) is 10.6 Å². The molecule has 0 saturated heterocycles. The maximum Gasteiger partial charge on any atom is 0.257 e. The number of hydrogen-bond acceptors (Lipinski definition) is 4. The van der Waals surface area contributed by atoms with E-state index in [1.807, 2.05) is 0 Å². The van der Waals surface area contributed by atoms with Crippen molar-refractivity contribution in [2.24, 2.45) is 0 Å². The predicted octanol–water partition coefficient (Wildman–Crippen LogP) is 3.79. The standard InChI is InChI=1S/C15H12ClIN2O3S/c1-22-13-5-2-8(6-10(13)17)14(21)19-15(23)18-11-7-9(16)3-4-12(11)20/h2-7,20H,1H3,(H2,18,19,21,23). The maximum atomic E-state index is 12.2. The van der Waals surface area contributed by atoms with E-state index in [1.54, 1.807) is 31.4 Å². The molecule has 0 aliphatic heterocycles. The molecule has 2 aromatic carbocycles. The number of ether oxygens (including phenoxy) is 1. The Hall–Kier alpha value is -1.58. The number of carbonyl (C=O) groups is 1. The summed E-state index contributed by atoms with van der Waals surface area (Å²) in [6.07, 6.45) is 0. The molecule has 1 amide bonds. The van der Waals surface area contributed by atoms with Crippen molar-refractivity contribution in [3.8, 4) is 11.5 Å². The van der Waals surface area contributed by atoms with Crippen LogP contribution < -0.4 is 15.4 Å². The SMILES string of the molecule is COc1ccc(C(=O)NC(=S)Nc2cc(Cl)ccc2O)cc1I. The number of rotatable bonds is 3. The smallest absolute Gasteiger partial charge is 0.257 e. The van der Waals surface area contributed by atoms with E-state index < -0.39 is 0 Å². The number of thiocarbonyl (C=S) groups is 1. The monoisotopic (exact) mass is 462 g/mol. The largest absolute Gasteiger partial charge is 0.506 e. The van der Waals surface area contributed by atoms with Gasteiger partial charge in [-0.3, -0.25) is 10.1 Å². The average Bonchev–Trinajstić information content (AvgIpc) is 2.50. The van der Waals surface area contributed by atoms with Gasteiger partial charge in [0.25, 0.3) is 5.91 Å². The quantitative estimate of drug-likeness (QED) is 0.368. The van der Waals surface area contributed by atoms with Gasteiger partial charge in [-0.25, -0.2) is 0 Å². The Morgan fingerprint density at radius 2 is 2.04 bits per heavy atom. The van der Waals surface area contributed by atoms with Gasteiger partial charge in [-0.05, 0) is 71.2 Å². The highest BCUT2D eigenvalue weighted by Gasteiger charge is 2.11. The Labute approximate surface area is 157 Å². The topological polar surface area (TPSA) is 70.6 Å². The highest BCUT2D eigenvalue weighted by molar-refractivity contribution is 14.1. The average molecular weight is 463 g/mol. The summed E-state index contributed by atoms with van der Waals surface area (Å²) in [5.74, 6) is 0.293. The molecule has 0 spiro atoms. The first kappa shape index (κ1) is 17.8. The van der Waals surface area contributed by atoms with Crippen LogP contribution in [0.3, 0.4) is 0 Å². The first-order chi connectivity index (χ1) is 10.9. The lowest BCUT2D eigenvalue weighted by Crippen LogP contribution is -2.34. The number of phenolic OH excluding ortho intramolecular Hbond substituents is 1. The Kier molecular flexibility index (Phi) is 6.03. The lowest BCUT2D eigenvalue weighted by atomic mass is 10.2. The second kappa shape index (κ2) is 7.80. The minimum atomic E-state index is -0.371. The van der Waals surface area contributed by atoms with E-state index in [4.69, 9.17) is 28.6 Å². The summed E-state index contributed by atoms with van der Waals surface area (Å²) in [4.78, 5) is 12.2. The van der Waals surface area contributed by atoms with Crippen LogP contribution in [-0.2, 0) is 0 Å². The number of nitrogens with one attached hydrogen (secondary N) is 2. The zero-order valence-corrected chi connectivity index (χ0v) is 15.6.